The molecule has 1 heterocycles. The third kappa shape index (κ3) is 3.03. The van der Waals surface area contributed by atoms with Crippen LogP contribution < -0.4 is 10.1 Å². The van der Waals surface area contributed by atoms with Gasteiger partial charge in [0.2, 0.25) is 5.88 Å². The summed E-state index contributed by atoms with van der Waals surface area (Å²) in [6.45, 7) is 2.10. The van der Waals surface area contributed by atoms with Crippen molar-refractivity contribution in [1.29, 1.82) is 0 Å². The van der Waals surface area contributed by atoms with Gasteiger partial charge in [-0.25, -0.2) is 4.98 Å². The summed E-state index contributed by atoms with van der Waals surface area (Å²) in [4.78, 5) is 4.36. The molecule has 3 aromatic rings. The number of pyridine rings is 1. The van der Waals surface area contributed by atoms with Crippen molar-refractivity contribution in [2.24, 2.45) is 0 Å². The van der Waals surface area contributed by atoms with Crippen LogP contribution in [0, 0.1) is 0 Å². The van der Waals surface area contributed by atoms with Crippen LogP contribution in [0.2, 0.25) is 0 Å². The molecule has 3 rings (SSSR count). The van der Waals surface area contributed by atoms with E-state index in [-0.39, 0.29) is 6.04 Å². The van der Waals surface area contributed by atoms with Crippen molar-refractivity contribution in [3.8, 4) is 11.6 Å². The number of nitrogens with one attached hydrogen (secondary N) is 1. The molecule has 0 aliphatic rings. The first-order chi connectivity index (χ1) is 10.3. The van der Waals surface area contributed by atoms with Gasteiger partial charge in [0.25, 0.3) is 0 Å². The molecule has 0 saturated carbocycles. The van der Waals surface area contributed by atoms with Gasteiger partial charge >= 0.3 is 0 Å². The zero-order chi connectivity index (χ0) is 14.7. The van der Waals surface area contributed by atoms with E-state index in [9.17, 15) is 0 Å². The second-order valence-corrected chi connectivity index (χ2v) is 5.05. The summed E-state index contributed by atoms with van der Waals surface area (Å²) in [5, 5.41) is 5.56. The van der Waals surface area contributed by atoms with Gasteiger partial charge in [0.15, 0.2) is 0 Å². The highest BCUT2D eigenvalue weighted by atomic mass is 16.5. The molecule has 0 aliphatic carbocycles. The monoisotopic (exact) mass is 278 g/mol. The van der Waals surface area contributed by atoms with Crippen LogP contribution in [-0.4, -0.2) is 12.0 Å². The minimum Gasteiger partial charge on any atom is -0.439 e. The van der Waals surface area contributed by atoms with Crippen LogP contribution in [0.25, 0.3) is 10.8 Å². The van der Waals surface area contributed by atoms with Crippen molar-refractivity contribution in [3.63, 3.8) is 0 Å². The molecule has 0 aliphatic heterocycles. The van der Waals surface area contributed by atoms with Gasteiger partial charge in [0.05, 0.1) is 0 Å². The molecule has 106 valence electrons. The fraction of sp³-hybridized carbons (Fsp3) is 0.167. The first kappa shape index (κ1) is 13.6. The van der Waals surface area contributed by atoms with Crippen LogP contribution in [-0.2, 0) is 0 Å². The van der Waals surface area contributed by atoms with E-state index in [0.29, 0.717) is 5.88 Å². The standard InChI is InChI=1S/C18H18N2O/c1-13(19-2)16-8-10-18(20-12-16)21-17-9-7-14-5-3-4-6-15(14)11-17/h3-13,19H,1-2H3. The summed E-state index contributed by atoms with van der Waals surface area (Å²) in [5.74, 6) is 1.41. The molecule has 3 heteroatoms. The molecular weight excluding hydrogens is 260 g/mol. The van der Waals surface area contributed by atoms with Crippen molar-refractivity contribution in [2.45, 2.75) is 13.0 Å². The maximum Gasteiger partial charge on any atom is 0.219 e. The van der Waals surface area contributed by atoms with E-state index in [1.807, 2.05) is 49.6 Å². The lowest BCUT2D eigenvalue weighted by Crippen LogP contribution is -2.12. The topological polar surface area (TPSA) is 34.1 Å². The van der Waals surface area contributed by atoms with Gasteiger partial charge in [-0.15, -0.1) is 0 Å². The molecule has 21 heavy (non-hydrogen) atoms. The first-order valence-electron chi connectivity index (χ1n) is 7.06. The molecular formula is C18H18N2O. The van der Waals surface area contributed by atoms with Crippen LogP contribution in [0.4, 0.5) is 0 Å². The lowest BCUT2D eigenvalue weighted by molar-refractivity contribution is 0.462. The normalized spacial score (nSPS) is 12.3. The Kier molecular flexibility index (Phi) is 3.84. The molecule has 2 aromatic carbocycles. The number of rotatable bonds is 4. The van der Waals surface area contributed by atoms with Crippen molar-refractivity contribution in [2.75, 3.05) is 7.05 Å². The second-order valence-electron chi connectivity index (χ2n) is 5.05. The zero-order valence-corrected chi connectivity index (χ0v) is 12.2. The smallest absolute Gasteiger partial charge is 0.219 e. The minimum atomic E-state index is 0.284. The van der Waals surface area contributed by atoms with Gasteiger partial charge in [0, 0.05) is 18.3 Å². The Morgan fingerprint density at radius 2 is 1.81 bits per heavy atom. The van der Waals surface area contributed by atoms with Crippen LogP contribution in [0.15, 0.2) is 60.8 Å². The maximum atomic E-state index is 5.82. The molecule has 0 saturated heterocycles. The highest BCUT2D eigenvalue weighted by Crippen LogP contribution is 2.25. The van der Waals surface area contributed by atoms with Gasteiger partial charge in [-0.1, -0.05) is 36.4 Å². The second kappa shape index (κ2) is 5.94. The molecule has 0 amide bonds. The Hall–Kier alpha value is -2.39. The molecule has 1 N–H and O–H groups in total. The van der Waals surface area contributed by atoms with Gasteiger partial charge < -0.3 is 10.1 Å². The molecule has 3 nitrogen and oxygen atoms in total. The molecule has 1 unspecified atom stereocenters. The number of hydrogen-bond donors (Lipinski definition) is 1. The van der Waals surface area contributed by atoms with E-state index in [4.69, 9.17) is 4.74 Å². The van der Waals surface area contributed by atoms with Gasteiger partial charge in [-0.2, -0.15) is 0 Å². The van der Waals surface area contributed by atoms with E-state index >= 15 is 0 Å². The summed E-state index contributed by atoms with van der Waals surface area (Å²) >= 11 is 0. The summed E-state index contributed by atoms with van der Waals surface area (Å²) in [7, 11) is 1.93. The SMILES string of the molecule is CNC(C)c1ccc(Oc2ccc3ccccc3c2)nc1. The molecule has 0 bridgehead atoms. The Balaban J connectivity index is 1.81. The fourth-order valence-electron chi connectivity index (χ4n) is 2.23. The number of nitrogens with zero attached hydrogens (tertiary/aromatic N) is 1. The molecule has 1 aromatic heterocycles. The van der Waals surface area contributed by atoms with Crippen molar-refractivity contribution in [3.05, 3.63) is 66.4 Å². The number of hydrogen-bond acceptors (Lipinski definition) is 3. The van der Waals surface area contributed by atoms with Crippen molar-refractivity contribution in [1.82, 2.24) is 10.3 Å². The summed E-state index contributed by atoms with van der Waals surface area (Å²) in [6.07, 6.45) is 1.84. The van der Waals surface area contributed by atoms with Crippen LogP contribution in [0.5, 0.6) is 11.6 Å². The van der Waals surface area contributed by atoms with Crippen LogP contribution in [0.3, 0.4) is 0 Å². The third-order valence-corrected chi connectivity index (χ3v) is 3.64. The molecule has 1 atom stereocenters. The number of benzene rings is 2. The summed E-state index contributed by atoms with van der Waals surface area (Å²) in [5.41, 5.74) is 1.14. The predicted molar refractivity (Wildman–Crippen MR) is 85.7 cm³/mol. The first-order valence-corrected chi connectivity index (χ1v) is 7.06. The van der Waals surface area contributed by atoms with Gasteiger partial charge in [0.1, 0.15) is 5.75 Å². The predicted octanol–water partition coefficient (Wildman–Crippen LogP) is 4.31. The average molecular weight is 278 g/mol. The van der Waals surface area contributed by atoms with Crippen LogP contribution in [0.1, 0.15) is 18.5 Å². The van der Waals surface area contributed by atoms with Crippen molar-refractivity contribution < 1.29 is 4.74 Å². The largest absolute Gasteiger partial charge is 0.439 e. The Morgan fingerprint density at radius 1 is 1.00 bits per heavy atom. The lowest BCUT2D eigenvalue weighted by atomic mass is 10.1. The summed E-state index contributed by atoms with van der Waals surface area (Å²) in [6, 6.07) is 18.5. The van der Waals surface area contributed by atoms with E-state index < -0.39 is 0 Å². The summed E-state index contributed by atoms with van der Waals surface area (Å²) < 4.78 is 5.82. The maximum absolute atomic E-state index is 5.82. The average Bonchev–Trinajstić information content (AvgIpc) is 2.55. The number of aromatic nitrogens is 1. The molecule has 0 spiro atoms. The van der Waals surface area contributed by atoms with E-state index in [2.05, 4.69) is 35.4 Å². The fourth-order valence-corrected chi connectivity index (χ4v) is 2.23. The van der Waals surface area contributed by atoms with E-state index in [0.717, 1.165) is 16.7 Å². The molecule has 0 fully saturated rings. The van der Waals surface area contributed by atoms with Gasteiger partial charge in [-0.05, 0) is 42.4 Å². The van der Waals surface area contributed by atoms with E-state index in [1.54, 1.807) is 0 Å². The highest BCUT2D eigenvalue weighted by molar-refractivity contribution is 5.83. The number of fused-ring (bicyclic) bond motifs is 1. The van der Waals surface area contributed by atoms with Crippen LogP contribution >= 0.6 is 0 Å². The lowest BCUT2D eigenvalue weighted by Gasteiger charge is -2.11. The third-order valence-electron chi connectivity index (χ3n) is 3.64. The number of ether oxygens (including phenoxy) is 1. The van der Waals surface area contributed by atoms with Crippen molar-refractivity contribution >= 4 is 10.8 Å². The highest BCUT2D eigenvalue weighted by Gasteiger charge is 2.04. The Labute approximate surface area is 124 Å². The van der Waals surface area contributed by atoms with E-state index in [1.165, 1.54) is 5.39 Å². The minimum absolute atomic E-state index is 0.284. The quantitative estimate of drug-likeness (QED) is 0.772. The zero-order valence-electron chi connectivity index (χ0n) is 12.2. The Bertz CT molecular complexity index is 738. The van der Waals surface area contributed by atoms with Gasteiger partial charge in [-0.3, -0.25) is 0 Å². The molecule has 0 radical (unpaired) electrons. The Morgan fingerprint density at radius 3 is 2.52 bits per heavy atom.